The molecule has 0 aromatic heterocycles. The van der Waals surface area contributed by atoms with Crippen LogP contribution in [-0.4, -0.2) is 60.6 Å². The second-order valence-electron chi connectivity index (χ2n) is 5.90. The van der Waals surface area contributed by atoms with Gasteiger partial charge in [0.2, 0.25) is 0 Å². The summed E-state index contributed by atoms with van der Waals surface area (Å²) < 4.78 is 0. The summed E-state index contributed by atoms with van der Waals surface area (Å²) >= 11 is 2.09. The van der Waals surface area contributed by atoms with Crippen LogP contribution in [0.3, 0.4) is 0 Å². The Morgan fingerprint density at radius 2 is 1.95 bits per heavy atom. The third-order valence-electron chi connectivity index (χ3n) is 4.51. The number of hydrogen-bond acceptors (Lipinski definition) is 3. The van der Waals surface area contributed by atoms with Gasteiger partial charge in [0.25, 0.3) is 0 Å². The molecule has 0 aromatic rings. The van der Waals surface area contributed by atoms with E-state index >= 15 is 0 Å². The molecule has 6 heteroatoms. The molecule has 0 spiro atoms. The van der Waals surface area contributed by atoms with E-state index in [0.29, 0.717) is 5.54 Å². The third-order valence-corrected chi connectivity index (χ3v) is 5.45. The van der Waals surface area contributed by atoms with Crippen LogP contribution in [0.15, 0.2) is 17.6 Å². The second kappa shape index (κ2) is 10.8. The molecule has 0 amide bonds. The van der Waals surface area contributed by atoms with Crippen LogP contribution >= 0.6 is 35.7 Å². The standard InChI is InChI=1S/C16H30N4S.HI/c1-3-9-18-15(17-4-2)19-14-16(7-5-6-8-16)20-10-12-21-13-11-20;/h3H,1,4-14H2,2H3,(H2,17,18,19);1H. The molecule has 0 radical (unpaired) electrons. The van der Waals surface area contributed by atoms with Gasteiger partial charge in [0, 0.05) is 43.2 Å². The van der Waals surface area contributed by atoms with E-state index in [9.17, 15) is 0 Å². The molecule has 1 saturated heterocycles. The predicted octanol–water partition coefficient (Wildman–Crippen LogP) is 2.71. The lowest BCUT2D eigenvalue weighted by molar-refractivity contribution is 0.112. The molecule has 1 saturated carbocycles. The number of nitrogens with one attached hydrogen (secondary N) is 2. The van der Waals surface area contributed by atoms with E-state index in [1.165, 1.54) is 50.3 Å². The van der Waals surface area contributed by atoms with E-state index in [2.05, 4.69) is 40.8 Å². The maximum atomic E-state index is 4.88. The van der Waals surface area contributed by atoms with Crippen LogP contribution in [-0.2, 0) is 0 Å². The molecule has 0 aromatic carbocycles. The van der Waals surface area contributed by atoms with Crippen molar-refractivity contribution in [3.63, 3.8) is 0 Å². The smallest absolute Gasteiger partial charge is 0.191 e. The number of hydrogen-bond donors (Lipinski definition) is 2. The molecule has 0 bridgehead atoms. The first-order valence-corrected chi connectivity index (χ1v) is 9.42. The number of thioether (sulfide) groups is 1. The minimum atomic E-state index is 0. The quantitative estimate of drug-likeness (QED) is 0.290. The third kappa shape index (κ3) is 5.60. The van der Waals surface area contributed by atoms with Gasteiger partial charge in [0.05, 0.1) is 6.54 Å². The van der Waals surface area contributed by atoms with Crippen LogP contribution in [0.25, 0.3) is 0 Å². The lowest BCUT2D eigenvalue weighted by atomic mass is 9.95. The molecule has 0 atom stereocenters. The lowest BCUT2D eigenvalue weighted by Crippen LogP contribution is -2.53. The molecule has 1 aliphatic heterocycles. The summed E-state index contributed by atoms with van der Waals surface area (Å²) in [5, 5.41) is 6.64. The Morgan fingerprint density at radius 1 is 1.27 bits per heavy atom. The van der Waals surface area contributed by atoms with Gasteiger partial charge >= 0.3 is 0 Å². The maximum Gasteiger partial charge on any atom is 0.191 e. The second-order valence-corrected chi connectivity index (χ2v) is 7.12. The molecular weight excluding hydrogens is 407 g/mol. The van der Waals surface area contributed by atoms with Crippen molar-refractivity contribution in [1.29, 1.82) is 0 Å². The Hall–Kier alpha value is 0.0500. The van der Waals surface area contributed by atoms with Crippen LogP contribution in [0.2, 0.25) is 0 Å². The summed E-state index contributed by atoms with van der Waals surface area (Å²) in [5.74, 6) is 3.48. The summed E-state index contributed by atoms with van der Waals surface area (Å²) in [7, 11) is 0. The largest absolute Gasteiger partial charge is 0.357 e. The lowest BCUT2D eigenvalue weighted by Gasteiger charge is -2.42. The summed E-state index contributed by atoms with van der Waals surface area (Å²) in [5.41, 5.74) is 0.317. The number of halogens is 1. The highest BCUT2D eigenvalue weighted by molar-refractivity contribution is 14.0. The van der Waals surface area contributed by atoms with Crippen LogP contribution in [0, 0.1) is 0 Å². The Morgan fingerprint density at radius 3 is 2.55 bits per heavy atom. The Balaban J connectivity index is 0.00000242. The highest BCUT2D eigenvalue weighted by Gasteiger charge is 2.39. The van der Waals surface area contributed by atoms with E-state index in [0.717, 1.165) is 25.6 Å². The van der Waals surface area contributed by atoms with Crippen molar-refractivity contribution in [2.45, 2.75) is 38.1 Å². The van der Waals surface area contributed by atoms with Crippen molar-refractivity contribution in [2.24, 2.45) is 4.99 Å². The zero-order chi connectivity index (χ0) is 15.0. The molecule has 0 unspecified atom stereocenters. The van der Waals surface area contributed by atoms with Gasteiger partial charge in [-0.15, -0.1) is 30.6 Å². The van der Waals surface area contributed by atoms with Crippen LogP contribution in [0.5, 0.6) is 0 Å². The van der Waals surface area contributed by atoms with Gasteiger partial charge in [-0.2, -0.15) is 11.8 Å². The molecule has 1 heterocycles. The van der Waals surface area contributed by atoms with Crippen molar-refractivity contribution in [1.82, 2.24) is 15.5 Å². The Bertz CT molecular complexity index is 350. The van der Waals surface area contributed by atoms with Gasteiger partial charge < -0.3 is 10.6 Å². The molecule has 2 rings (SSSR count). The van der Waals surface area contributed by atoms with Crippen LogP contribution in [0.1, 0.15) is 32.6 Å². The molecule has 2 N–H and O–H groups in total. The van der Waals surface area contributed by atoms with Crippen molar-refractivity contribution in [3.05, 3.63) is 12.7 Å². The summed E-state index contributed by atoms with van der Waals surface area (Å²) in [4.78, 5) is 7.60. The first-order valence-electron chi connectivity index (χ1n) is 8.26. The topological polar surface area (TPSA) is 39.7 Å². The first kappa shape index (κ1) is 20.1. The van der Waals surface area contributed by atoms with Gasteiger partial charge in [-0.05, 0) is 19.8 Å². The van der Waals surface area contributed by atoms with E-state index in [1.807, 2.05) is 6.08 Å². The maximum absolute atomic E-state index is 4.88. The van der Waals surface area contributed by atoms with Crippen molar-refractivity contribution < 1.29 is 0 Å². The van der Waals surface area contributed by atoms with E-state index < -0.39 is 0 Å². The zero-order valence-corrected chi connectivity index (χ0v) is 16.9. The SMILES string of the molecule is C=CCNC(=NCC1(N2CCSCC2)CCCC1)NCC.I. The molecule has 2 fully saturated rings. The predicted molar refractivity (Wildman–Crippen MR) is 110 cm³/mol. The minimum Gasteiger partial charge on any atom is -0.357 e. The summed E-state index contributed by atoms with van der Waals surface area (Å²) in [6.45, 7) is 10.9. The number of guanidine groups is 1. The van der Waals surface area contributed by atoms with Crippen molar-refractivity contribution in [3.8, 4) is 0 Å². The van der Waals surface area contributed by atoms with Crippen molar-refractivity contribution >= 4 is 41.7 Å². The number of aliphatic imine (C=N–C) groups is 1. The highest BCUT2D eigenvalue weighted by atomic mass is 127. The van der Waals surface area contributed by atoms with Gasteiger partial charge in [-0.1, -0.05) is 18.9 Å². The molecule has 1 aliphatic carbocycles. The monoisotopic (exact) mass is 438 g/mol. The number of rotatable bonds is 6. The van der Waals surface area contributed by atoms with E-state index in [4.69, 9.17) is 4.99 Å². The first-order chi connectivity index (χ1) is 10.3. The Labute approximate surface area is 157 Å². The average molecular weight is 438 g/mol. The van der Waals surface area contributed by atoms with Gasteiger partial charge in [-0.3, -0.25) is 9.89 Å². The number of nitrogens with zero attached hydrogens (tertiary/aromatic N) is 2. The molecule has 22 heavy (non-hydrogen) atoms. The normalized spacial score (nSPS) is 22.0. The molecule has 4 nitrogen and oxygen atoms in total. The minimum absolute atomic E-state index is 0. The summed E-state index contributed by atoms with van der Waals surface area (Å²) in [6, 6.07) is 0. The van der Waals surface area contributed by atoms with Gasteiger partial charge in [0.1, 0.15) is 0 Å². The van der Waals surface area contributed by atoms with E-state index in [1.54, 1.807) is 0 Å². The fourth-order valence-electron chi connectivity index (χ4n) is 3.38. The molecule has 128 valence electrons. The van der Waals surface area contributed by atoms with Crippen LogP contribution in [0.4, 0.5) is 0 Å². The van der Waals surface area contributed by atoms with Crippen LogP contribution < -0.4 is 10.6 Å². The fourth-order valence-corrected chi connectivity index (χ4v) is 4.29. The van der Waals surface area contributed by atoms with E-state index in [-0.39, 0.29) is 24.0 Å². The highest BCUT2D eigenvalue weighted by Crippen LogP contribution is 2.36. The summed E-state index contributed by atoms with van der Waals surface area (Å²) in [6.07, 6.45) is 7.20. The average Bonchev–Trinajstić information content (AvgIpc) is 3.01. The Kier molecular flexibility index (Phi) is 9.82. The van der Waals surface area contributed by atoms with Gasteiger partial charge in [-0.25, -0.2) is 0 Å². The zero-order valence-electron chi connectivity index (χ0n) is 13.8. The van der Waals surface area contributed by atoms with Gasteiger partial charge in [0.15, 0.2) is 5.96 Å². The fraction of sp³-hybridized carbons (Fsp3) is 0.812. The van der Waals surface area contributed by atoms with Crippen molar-refractivity contribution in [2.75, 3.05) is 44.2 Å². The molecular formula is C16H31IN4S. The molecule has 2 aliphatic rings.